The number of nitrogens with two attached hydrogens (primary N) is 1. The van der Waals surface area contributed by atoms with E-state index in [4.69, 9.17) is 5.73 Å². The zero-order chi connectivity index (χ0) is 11.6. The van der Waals surface area contributed by atoms with Crippen molar-refractivity contribution in [2.45, 2.75) is 20.0 Å². The molecule has 0 amide bonds. The van der Waals surface area contributed by atoms with Gasteiger partial charge in [0.15, 0.2) is 0 Å². The number of hydrogen-bond donors (Lipinski definition) is 2. The van der Waals surface area contributed by atoms with Crippen LogP contribution < -0.4 is 10.6 Å². The van der Waals surface area contributed by atoms with Crippen molar-refractivity contribution < 1.29 is 5.11 Å². The van der Waals surface area contributed by atoms with Crippen LogP contribution in [0.15, 0.2) is 16.6 Å². The van der Waals surface area contributed by atoms with Gasteiger partial charge in [-0.25, -0.2) is 0 Å². The zero-order valence-electron chi connectivity index (χ0n) is 9.29. The molecule has 0 fully saturated rings. The lowest BCUT2D eigenvalue weighted by atomic mass is 10.1. The summed E-state index contributed by atoms with van der Waals surface area (Å²) in [6.07, 6.45) is -0.347. The van der Waals surface area contributed by atoms with Gasteiger partial charge in [-0.05, 0) is 47.5 Å². The predicted octanol–water partition coefficient (Wildman–Crippen LogP) is 2.16. The van der Waals surface area contributed by atoms with Crippen LogP contribution in [-0.4, -0.2) is 24.8 Å². The molecule has 0 aliphatic carbocycles. The third kappa shape index (κ3) is 3.11. The van der Waals surface area contributed by atoms with E-state index in [1.54, 1.807) is 6.92 Å². The van der Waals surface area contributed by atoms with Crippen molar-refractivity contribution in [2.75, 3.05) is 24.2 Å². The first-order valence-corrected chi connectivity index (χ1v) is 5.66. The van der Waals surface area contributed by atoms with Crippen molar-refractivity contribution >= 4 is 27.3 Å². The van der Waals surface area contributed by atoms with Crippen molar-refractivity contribution in [3.8, 4) is 0 Å². The number of hydrogen-bond acceptors (Lipinski definition) is 3. The van der Waals surface area contributed by atoms with Crippen molar-refractivity contribution in [1.82, 2.24) is 0 Å². The Morgan fingerprint density at radius 2 is 2.13 bits per heavy atom. The van der Waals surface area contributed by atoms with Gasteiger partial charge in [-0.3, -0.25) is 0 Å². The van der Waals surface area contributed by atoms with Gasteiger partial charge in [0, 0.05) is 23.8 Å². The quantitative estimate of drug-likeness (QED) is 0.830. The summed E-state index contributed by atoms with van der Waals surface area (Å²) < 4.78 is 0.953. The lowest BCUT2D eigenvalue weighted by Crippen LogP contribution is -2.27. The van der Waals surface area contributed by atoms with Crippen LogP contribution in [0, 0.1) is 6.92 Å². The SMILES string of the molecule is Cc1cc(N(C)CC(C)O)c(Br)cc1N. The average Bonchev–Trinajstić information content (AvgIpc) is 2.09. The molecule has 1 aromatic carbocycles. The van der Waals surface area contributed by atoms with Crippen LogP contribution in [0.1, 0.15) is 12.5 Å². The monoisotopic (exact) mass is 272 g/mol. The first-order chi connectivity index (χ1) is 6.91. The van der Waals surface area contributed by atoms with Crippen LogP contribution in [-0.2, 0) is 0 Å². The molecule has 0 aromatic heterocycles. The topological polar surface area (TPSA) is 49.5 Å². The number of aryl methyl sites for hydroxylation is 1. The van der Waals surface area contributed by atoms with Crippen LogP contribution in [0.3, 0.4) is 0 Å². The summed E-state index contributed by atoms with van der Waals surface area (Å²) in [5.74, 6) is 0. The molecule has 1 aromatic rings. The second-order valence-electron chi connectivity index (χ2n) is 3.89. The van der Waals surface area contributed by atoms with Gasteiger partial charge in [0.05, 0.1) is 11.8 Å². The summed E-state index contributed by atoms with van der Waals surface area (Å²) >= 11 is 3.47. The molecule has 1 rings (SSSR count). The normalized spacial score (nSPS) is 12.6. The molecule has 1 atom stereocenters. The second-order valence-corrected chi connectivity index (χ2v) is 4.74. The van der Waals surface area contributed by atoms with Gasteiger partial charge in [0.25, 0.3) is 0 Å². The molecule has 84 valence electrons. The molecule has 0 saturated heterocycles. The molecular formula is C11H17BrN2O. The highest BCUT2D eigenvalue weighted by molar-refractivity contribution is 9.10. The van der Waals surface area contributed by atoms with Crippen LogP contribution >= 0.6 is 15.9 Å². The van der Waals surface area contributed by atoms with E-state index in [1.807, 2.05) is 31.0 Å². The van der Waals surface area contributed by atoms with E-state index in [0.29, 0.717) is 6.54 Å². The van der Waals surface area contributed by atoms with E-state index in [0.717, 1.165) is 21.4 Å². The second kappa shape index (κ2) is 4.86. The fourth-order valence-electron chi connectivity index (χ4n) is 1.47. The van der Waals surface area contributed by atoms with Crippen molar-refractivity contribution in [3.05, 3.63) is 22.2 Å². The van der Waals surface area contributed by atoms with E-state index in [1.165, 1.54) is 0 Å². The molecule has 1 unspecified atom stereocenters. The van der Waals surface area contributed by atoms with Crippen LogP contribution in [0.4, 0.5) is 11.4 Å². The maximum atomic E-state index is 9.32. The highest BCUT2D eigenvalue weighted by Crippen LogP contribution is 2.30. The van der Waals surface area contributed by atoms with E-state index in [2.05, 4.69) is 15.9 Å². The molecule has 0 bridgehead atoms. The number of nitrogen functional groups attached to an aromatic ring is 1. The fraction of sp³-hybridized carbons (Fsp3) is 0.455. The van der Waals surface area contributed by atoms with Gasteiger partial charge in [-0.15, -0.1) is 0 Å². The van der Waals surface area contributed by atoms with E-state index < -0.39 is 0 Å². The average molecular weight is 273 g/mol. The number of aliphatic hydroxyl groups is 1. The first kappa shape index (κ1) is 12.3. The number of aliphatic hydroxyl groups excluding tert-OH is 1. The largest absolute Gasteiger partial charge is 0.398 e. The predicted molar refractivity (Wildman–Crippen MR) is 68.2 cm³/mol. The molecule has 0 heterocycles. The summed E-state index contributed by atoms with van der Waals surface area (Å²) in [7, 11) is 1.95. The molecule has 0 radical (unpaired) electrons. The summed E-state index contributed by atoms with van der Waals surface area (Å²) in [5, 5.41) is 9.32. The molecule has 0 spiro atoms. The Morgan fingerprint density at radius 3 is 2.67 bits per heavy atom. The number of nitrogens with zero attached hydrogens (tertiary/aromatic N) is 1. The smallest absolute Gasteiger partial charge is 0.0686 e. The Labute approximate surface area is 99.0 Å². The van der Waals surface area contributed by atoms with Crippen molar-refractivity contribution in [1.29, 1.82) is 0 Å². The third-order valence-corrected chi connectivity index (χ3v) is 2.92. The lowest BCUT2D eigenvalue weighted by molar-refractivity contribution is 0.201. The Bertz CT molecular complexity index is 353. The number of rotatable bonds is 3. The highest BCUT2D eigenvalue weighted by Gasteiger charge is 2.09. The summed E-state index contributed by atoms with van der Waals surface area (Å²) in [5.41, 5.74) is 8.66. The van der Waals surface area contributed by atoms with Crippen LogP contribution in [0.25, 0.3) is 0 Å². The summed E-state index contributed by atoms with van der Waals surface area (Å²) in [4.78, 5) is 2.00. The van der Waals surface area contributed by atoms with Gasteiger partial charge < -0.3 is 15.7 Å². The Balaban J connectivity index is 2.98. The van der Waals surface area contributed by atoms with Crippen molar-refractivity contribution in [3.63, 3.8) is 0 Å². The van der Waals surface area contributed by atoms with Gasteiger partial charge in [-0.1, -0.05) is 0 Å². The first-order valence-electron chi connectivity index (χ1n) is 4.86. The number of benzene rings is 1. The lowest BCUT2D eigenvalue weighted by Gasteiger charge is -2.23. The van der Waals surface area contributed by atoms with E-state index in [9.17, 15) is 5.11 Å². The fourth-order valence-corrected chi connectivity index (χ4v) is 2.13. The van der Waals surface area contributed by atoms with Gasteiger partial charge in [-0.2, -0.15) is 0 Å². The Kier molecular flexibility index (Phi) is 3.99. The van der Waals surface area contributed by atoms with E-state index in [-0.39, 0.29) is 6.10 Å². The molecule has 4 heteroatoms. The van der Waals surface area contributed by atoms with E-state index >= 15 is 0 Å². The van der Waals surface area contributed by atoms with Gasteiger partial charge in [0.2, 0.25) is 0 Å². The number of likely N-dealkylation sites (N-methyl/N-ethyl adjacent to an activating group) is 1. The molecule has 3 N–H and O–H groups in total. The number of halogens is 1. The summed E-state index contributed by atoms with van der Waals surface area (Å²) in [6.45, 7) is 4.35. The van der Waals surface area contributed by atoms with Crippen LogP contribution in [0.5, 0.6) is 0 Å². The maximum Gasteiger partial charge on any atom is 0.0686 e. The molecular weight excluding hydrogens is 256 g/mol. The molecule has 3 nitrogen and oxygen atoms in total. The Hall–Kier alpha value is -0.740. The zero-order valence-corrected chi connectivity index (χ0v) is 10.9. The molecule has 0 aliphatic rings. The minimum atomic E-state index is -0.347. The van der Waals surface area contributed by atoms with Crippen molar-refractivity contribution in [2.24, 2.45) is 0 Å². The molecule has 15 heavy (non-hydrogen) atoms. The number of anilines is 2. The van der Waals surface area contributed by atoms with Gasteiger partial charge in [0.1, 0.15) is 0 Å². The standard InChI is InChI=1S/C11H17BrN2O/c1-7-4-11(9(12)5-10(7)13)14(3)6-8(2)15/h4-5,8,15H,6,13H2,1-3H3. The third-order valence-electron chi connectivity index (χ3n) is 2.28. The highest BCUT2D eigenvalue weighted by atomic mass is 79.9. The molecule has 0 aliphatic heterocycles. The maximum absolute atomic E-state index is 9.32. The minimum Gasteiger partial charge on any atom is -0.398 e. The minimum absolute atomic E-state index is 0.347. The Morgan fingerprint density at radius 1 is 1.53 bits per heavy atom. The molecule has 0 saturated carbocycles. The summed E-state index contributed by atoms with van der Waals surface area (Å²) in [6, 6.07) is 3.91. The van der Waals surface area contributed by atoms with Crippen LogP contribution in [0.2, 0.25) is 0 Å². The van der Waals surface area contributed by atoms with Gasteiger partial charge >= 0.3 is 0 Å².